The first-order chi connectivity index (χ1) is 7.75. The molecule has 2 aromatic heterocycles. The van der Waals surface area contributed by atoms with Crippen molar-refractivity contribution in [1.82, 2.24) is 4.98 Å². The summed E-state index contributed by atoms with van der Waals surface area (Å²) in [6, 6.07) is 7.16. The van der Waals surface area contributed by atoms with E-state index < -0.39 is 0 Å². The minimum absolute atomic E-state index is 0.0410. The Labute approximate surface area is 102 Å². The van der Waals surface area contributed by atoms with E-state index in [4.69, 9.17) is 11.6 Å². The van der Waals surface area contributed by atoms with E-state index in [2.05, 4.69) is 4.98 Å². The maximum Gasteiger partial charge on any atom is 0.195 e. The van der Waals surface area contributed by atoms with Crippen molar-refractivity contribution in [3.05, 3.63) is 57.5 Å². The maximum atomic E-state index is 11.7. The standard InChI is InChI=1S/C12H8ClNOS/c13-12-6-5-11(16-12)10(15)4-3-9-2-1-7-14-8-9/h1-8H/b4-3-. The van der Waals surface area contributed by atoms with Gasteiger partial charge in [0.15, 0.2) is 5.78 Å². The highest BCUT2D eigenvalue weighted by Crippen LogP contribution is 2.22. The molecule has 2 nitrogen and oxygen atoms in total. The Morgan fingerprint density at radius 3 is 2.88 bits per heavy atom. The highest BCUT2D eigenvalue weighted by atomic mass is 35.5. The van der Waals surface area contributed by atoms with Crippen LogP contribution in [-0.2, 0) is 0 Å². The van der Waals surface area contributed by atoms with Crippen LogP contribution in [0.5, 0.6) is 0 Å². The van der Waals surface area contributed by atoms with E-state index in [-0.39, 0.29) is 5.78 Å². The Hall–Kier alpha value is -1.45. The number of aromatic nitrogens is 1. The molecule has 80 valence electrons. The van der Waals surface area contributed by atoms with Crippen LogP contribution in [0.2, 0.25) is 4.34 Å². The normalized spacial score (nSPS) is 10.8. The molecule has 2 rings (SSSR count). The van der Waals surface area contributed by atoms with Gasteiger partial charge in [0.1, 0.15) is 0 Å². The number of thiophene rings is 1. The summed E-state index contributed by atoms with van der Waals surface area (Å²) in [5, 5.41) is 0. The highest BCUT2D eigenvalue weighted by molar-refractivity contribution is 7.18. The fraction of sp³-hybridized carbons (Fsp3) is 0. The summed E-state index contributed by atoms with van der Waals surface area (Å²) >= 11 is 7.03. The average molecular weight is 250 g/mol. The molecule has 0 aromatic carbocycles. The highest BCUT2D eigenvalue weighted by Gasteiger charge is 2.04. The number of ketones is 1. The van der Waals surface area contributed by atoms with Crippen molar-refractivity contribution in [3.8, 4) is 0 Å². The predicted octanol–water partition coefficient (Wildman–Crippen LogP) is 3.69. The van der Waals surface area contributed by atoms with Gasteiger partial charge in [-0.05, 0) is 35.9 Å². The molecule has 0 aliphatic rings. The van der Waals surface area contributed by atoms with Crippen LogP contribution in [-0.4, -0.2) is 10.8 Å². The lowest BCUT2D eigenvalue weighted by Gasteiger charge is -1.90. The van der Waals surface area contributed by atoms with Gasteiger partial charge >= 0.3 is 0 Å². The predicted molar refractivity (Wildman–Crippen MR) is 66.9 cm³/mol. The molecule has 0 aliphatic carbocycles. The fourth-order valence-electron chi connectivity index (χ4n) is 1.18. The van der Waals surface area contributed by atoms with Gasteiger partial charge in [0.25, 0.3) is 0 Å². The molecule has 0 amide bonds. The van der Waals surface area contributed by atoms with Crippen LogP contribution < -0.4 is 0 Å². The van der Waals surface area contributed by atoms with Crippen molar-refractivity contribution in [1.29, 1.82) is 0 Å². The lowest BCUT2D eigenvalue weighted by Crippen LogP contribution is -1.88. The van der Waals surface area contributed by atoms with Gasteiger partial charge in [-0.15, -0.1) is 11.3 Å². The van der Waals surface area contributed by atoms with E-state index in [1.807, 2.05) is 12.1 Å². The number of allylic oxidation sites excluding steroid dienone is 1. The zero-order valence-electron chi connectivity index (χ0n) is 8.26. The van der Waals surface area contributed by atoms with Gasteiger partial charge in [-0.1, -0.05) is 17.7 Å². The second-order valence-electron chi connectivity index (χ2n) is 3.09. The van der Waals surface area contributed by atoms with Gasteiger partial charge < -0.3 is 0 Å². The van der Waals surface area contributed by atoms with Gasteiger partial charge in [0, 0.05) is 12.4 Å². The lowest BCUT2D eigenvalue weighted by molar-refractivity contribution is 0.105. The molecule has 0 radical (unpaired) electrons. The zero-order valence-corrected chi connectivity index (χ0v) is 9.83. The first-order valence-electron chi connectivity index (χ1n) is 4.63. The Morgan fingerprint density at radius 2 is 2.25 bits per heavy atom. The maximum absolute atomic E-state index is 11.7. The number of hydrogen-bond donors (Lipinski definition) is 0. The summed E-state index contributed by atoms with van der Waals surface area (Å²) in [5.74, 6) is -0.0410. The van der Waals surface area contributed by atoms with Gasteiger partial charge in [-0.2, -0.15) is 0 Å². The summed E-state index contributed by atoms with van der Waals surface area (Å²) in [4.78, 5) is 16.3. The summed E-state index contributed by atoms with van der Waals surface area (Å²) in [7, 11) is 0. The molecule has 0 aliphatic heterocycles. The third-order valence-electron chi connectivity index (χ3n) is 1.93. The first-order valence-corrected chi connectivity index (χ1v) is 5.83. The number of nitrogens with zero attached hydrogens (tertiary/aromatic N) is 1. The molecule has 2 heterocycles. The molecule has 0 N–H and O–H groups in total. The molecule has 0 spiro atoms. The quantitative estimate of drug-likeness (QED) is 0.613. The van der Waals surface area contributed by atoms with Crippen LogP contribution in [0.15, 0.2) is 42.7 Å². The molecule has 0 saturated carbocycles. The van der Waals surface area contributed by atoms with Gasteiger partial charge in [0.05, 0.1) is 9.21 Å². The molecule has 0 bridgehead atoms. The largest absolute Gasteiger partial charge is 0.288 e. The molecule has 4 heteroatoms. The number of hydrogen-bond acceptors (Lipinski definition) is 3. The van der Waals surface area contributed by atoms with Gasteiger partial charge in [0.2, 0.25) is 0 Å². The Kier molecular flexibility index (Phi) is 3.49. The number of carbonyl (C=O) groups is 1. The van der Waals surface area contributed by atoms with Gasteiger partial charge in [-0.3, -0.25) is 9.78 Å². The van der Waals surface area contributed by atoms with Crippen LogP contribution in [0.4, 0.5) is 0 Å². The summed E-state index contributed by atoms with van der Waals surface area (Å²) in [6.07, 6.45) is 6.66. The Balaban J connectivity index is 2.11. The average Bonchev–Trinajstić information content (AvgIpc) is 2.74. The molecular weight excluding hydrogens is 242 g/mol. The molecule has 0 atom stereocenters. The minimum Gasteiger partial charge on any atom is -0.288 e. The smallest absolute Gasteiger partial charge is 0.195 e. The molecule has 0 fully saturated rings. The van der Waals surface area contributed by atoms with Crippen molar-refractivity contribution in [2.75, 3.05) is 0 Å². The molecule has 2 aromatic rings. The van der Waals surface area contributed by atoms with Crippen molar-refractivity contribution < 1.29 is 4.79 Å². The van der Waals surface area contributed by atoms with Crippen LogP contribution in [0.1, 0.15) is 15.2 Å². The van der Waals surface area contributed by atoms with E-state index >= 15 is 0 Å². The van der Waals surface area contributed by atoms with Gasteiger partial charge in [-0.25, -0.2) is 0 Å². The van der Waals surface area contributed by atoms with E-state index in [0.29, 0.717) is 9.21 Å². The van der Waals surface area contributed by atoms with Crippen LogP contribution >= 0.6 is 22.9 Å². The Bertz CT molecular complexity index is 519. The summed E-state index contributed by atoms with van der Waals surface area (Å²) in [6.45, 7) is 0. The SMILES string of the molecule is O=C(/C=C\c1cccnc1)c1ccc(Cl)s1. The second-order valence-corrected chi connectivity index (χ2v) is 4.80. The number of pyridine rings is 1. The molecule has 16 heavy (non-hydrogen) atoms. The fourth-order valence-corrected chi connectivity index (χ4v) is 2.14. The topological polar surface area (TPSA) is 30.0 Å². The monoisotopic (exact) mass is 249 g/mol. The zero-order chi connectivity index (χ0) is 11.4. The Morgan fingerprint density at radius 1 is 1.38 bits per heavy atom. The van der Waals surface area contributed by atoms with Crippen molar-refractivity contribution in [2.45, 2.75) is 0 Å². The van der Waals surface area contributed by atoms with Crippen LogP contribution in [0.25, 0.3) is 6.08 Å². The number of rotatable bonds is 3. The molecular formula is C12H8ClNOS. The molecule has 0 saturated heterocycles. The van der Waals surface area contributed by atoms with E-state index in [1.165, 1.54) is 17.4 Å². The van der Waals surface area contributed by atoms with Crippen LogP contribution in [0.3, 0.4) is 0 Å². The number of carbonyl (C=O) groups excluding carboxylic acids is 1. The van der Waals surface area contributed by atoms with E-state index in [9.17, 15) is 4.79 Å². The first kappa shape index (κ1) is 11.0. The minimum atomic E-state index is -0.0410. The summed E-state index contributed by atoms with van der Waals surface area (Å²) in [5.41, 5.74) is 0.901. The van der Waals surface area contributed by atoms with E-state index in [0.717, 1.165) is 5.56 Å². The third-order valence-corrected chi connectivity index (χ3v) is 3.17. The van der Waals surface area contributed by atoms with E-state index in [1.54, 1.807) is 30.6 Å². The lowest BCUT2D eigenvalue weighted by atomic mass is 10.2. The third kappa shape index (κ3) is 2.78. The van der Waals surface area contributed by atoms with Crippen LogP contribution in [0, 0.1) is 0 Å². The van der Waals surface area contributed by atoms with Crippen molar-refractivity contribution >= 4 is 34.8 Å². The second kappa shape index (κ2) is 5.05. The summed E-state index contributed by atoms with van der Waals surface area (Å²) < 4.78 is 0.623. The van der Waals surface area contributed by atoms with Crippen molar-refractivity contribution in [3.63, 3.8) is 0 Å². The van der Waals surface area contributed by atoms with Crippen molar-refractivity contribution in [2.24, 2.45) is 0 Å². The number of halogens is 1. The molecule has 0 unspecified atom stereocenters.